The van der Waals surface area contributed by atoms with E-state index in [4.69, 9.17) is 5.73 Å². The molecule has 6 nitrogen and oxygen atoms in total. The van der Waals surface area contributed by atoms with Crippen molar-refractivity contribution in [1.29, 1.82) is 0 Å². The minimum Gasteiger partial charge on any atom is -0.368 e. The summed E-state index contributed by atoms with van der Waals surface area (Å²) in [4.78, 5) is 28.2. The number of aryl methyl sites for hydroxylation is 2. The molecule has 0 aromatic heterocycles. The van der Waals surface area contributed by atoms with Gasteiger partial charge in [0.2, 0.25) is 5.91 Å². The number of piperidine rings is 1. The fourth-order valence-electron chi connectivity index (χ4n) is 3.95. The van der Waals surface area contributed by atoms with E-state index in [0.29, 0.717) is 19.1 Å². The third kappa shape index (κ3) is 3.95. The molecule has 1 aromatic rings. The first-order chi connectivity index (χ1) is 12.0. The van der Waals surface area contributed by atoms with Crippen molar-refractivity contribution in [1.82, 2.24) is 9.80 Å². The van der Waals surface area contributed by atoms with Gasteiger partial charge in [-0.1, -0.05) is 6.07 Å². The largest absolute Gasteiger partial charge is 0.368 e. The minimum absolute atomic E-state index is 0.0467. The minimum atomic E-state index is -0.215. The first-order valence-corrected chi connectivity index (χ1v) is 9.14. The van der Waals surface area contributed by atoms with Crippen LogP contribution in [0.15, 0.2) is 18.2 Å². The van der Waals surface area contributed by atoms with Crippen molar-refractivity contribution in [2.75, 3.05) is 25.0 Å². The molecule has 0 bridgehead atoms. The van der Waals surface area contributed by atoms with Gasteiger partial charge in [-0.15, -0.1) is 0 Å². The van der Waals surface area contributed by atoms with Gasteiger partial charge >= 0.3 is 6.03 Å². The van der Waals surface area contributed by atoms with E-state index in [0.717, 1.165) is 37.9 Å². The molecule has 2 heterocycles. The van der Waals surface area contributed by atoms with Crippen LogP contribution in [-0.2, 0) is 4.79 Å². The highest BCUT2D eigenvalue weighted by Crippen LogP contribution is 2.26. The van der Waals surface area contributed by atoms with E-state index >= 15 is 0 Å². The second kappa shape index (κ2) is 7.44. The summed E-state index contributed by atoms with van der Waals surface area (Å²) >= 11 is 0. The van der Waals surface area contributed by atoms with Crippen molar-refractivity contribution in [2.24, 2.45) is 5.73 Å². The molecule has 0 unspecified atom stereocenters. The summed E-state index contributed by atoms with van der Waals surface area (Å²) in [5.74, 6) is -0.215. The molecule has 2 saturated heterocycles. The lowest BCUT2D eigenvalue weighted by Gasteiger charge is -2.38. The van der Waals surface area contributed by atoms with Crippen molar-refractivity contribution in [3.8, 4) is 0 Å². The van der Waals surface area contributed by atoms with Gasteiger partial charge in [0.25, 0.3) is 0 Å². The lowest BCUT2D eigenvalue weighted by atomic mass is 10.0. The number of nitrogens with one attached hydrogen (secondary N) is 1. The number of amides is 3. The van der Waals surface area contributed by atoms with Crippen molar-refractivity contribution in [3.63, 3.8) is 0 Å². The zero-order valence-electron chi connectivity index (χ0n) is 15.1. The molecule has 1 aromatic carbocycles. The Hall–Kier alpha value is -2.08. The molecule has 6 heteroatoms. The molecule has 136 valence electrons. The highest BCUT2D eigenvalue weighted by molar-refractivity contribution is 5.89. The normalized spacial score (nSPS) is 22.2. The molecular formula is C19H28N4O2. The third-order valence-electron chi connectivity index (χ3n) is 5.60. The van der Waals surface area contributed by atoms with Gasteiger partial charge < -0.3 is 16.0 Å². The summed E-state index contributed by atoms with van der Waals surface area (Å²) in [6.45, 7) is 6.46. The molecule has 0 radical (unpaired) electrons. The zero-order chi connectivity index (χ0) is 18.0. The Labute approximate surface area is 149 Å². The number of carbonyl (C=O) groups is 2. The van der Waals surface area contributed by atoms with Gasteiger partial charge in [0.15, 0.2) is 0 Å². The molecule has 25 heavy (non-hydrogen) atoms. The monoisotopic (exact) mass is 344 g/mol. The Bertz CT molecular complexity index is 653. The van der Waals surface area contributed by atoms with Gasteiger partial charge in [-0.05, 0) is 69.3 Å². The average Bonchev–Trinajstić information content (AvgIpc) is 3.08. The number of rotatable bonds is 3. The van der Waals surface area contributed by atoms with Crippen LogP contribution in [0.5, 0.6) is 0 Å². The number of carbonyl (C=O) groups excluding carboxylic acids is 2. The number of primary amides is 1. The van der Waals surface area contributed by atoms with Crippen LogP contribution in [0.25, 0.3) is 0 Å². The van der Waals surface area contributed by atoms with Crippen LogP contribution in [0.1, 0.15) is 36.8 Å². The first kappa shape index (κ1) is 17.7. The number of nitrogens with zero attached hydrogens (tertiary/aromatic N) is 2. The van der Waals surface area contributed by atoms with E-state index in [-0.39, 0.29) is 18.0 Å². The van der Waals surface area contributed by atoms with Gasteiger partial charge in [-0.25, -0.2) is 4.79 Å². The van der Waals surface area contributed by atoms with E-state index in [9.17, 15) is 9.59 Å². The van der Waals surface area contributed by atoms with Crippen molar-refractivity contribution >= 4 is 17.6 Å². The van der Waals surface area contributed by atoms with E-state index in [1.807, 2.05) is 30.0 Å². The van der Waals surface area contributed by atoms with E-state index in [1.165, 1.54) is 11.1 Å². The Kier molecular flexibility index (Phi) is 5.27. The summed E-state index contributed by atoms with van der Waals surface area (Å²) in [7, 11) is 0. The van der Waals surface area contributed by atoms with Crippen LogP contribution in [0, 0.1) is 13.8 Å². The Balaban J connectivity index is 1.54. The number of anilines is 1. The van der Waals surface area contributed by atoms with Crippen molar-refractivity contribution in [2.45, 2.75) is 51.6 Å². The van der Waals surface area contributed by atoms with E-state index in [2.05, 4.69) is 17.1 Å². The van der Waals surface area contributed by atoms with Crippen molar-refractivity contribution in [3.05, 3.63) is 29.3 Å². The maximum absolute atomic E-state index is 12.5. The molecule has 2 aliphatic heterocycles. The van der Waals surface area contributed by atoms with Gasteiger partial charge in [-0.3, -0.25) is 9.69 Å². The molecule has 3 N–H and O–H groups in total. The third-order valence-corrected chi connectivity index (χ3v) is 5.60. The van der Waals surface area contributed by atoms with Crippen LogP contribution in [0.3, 0.4) is 0 Å². The number of hydrogen-bond donors (Lipinski definition) is 2. The zero-order valence-corrected chi connectivity index (χ0v) is 15.1. The van der Waals surface area contributed by atoms with E-state index in [1.54, 1.807) is 0 Å². The Morgan fingerprint density at radius 3 is 2.44 bits per heavy atom. The number of likely N-dealkylation sites (tertiary alicyclic amines) is 2. The van der Waals surface area contributed by atoms with Gasteiger partial charge in [0.05, 0.1) is 6.04 Å². The topological polar surface area (TPSA) is 78.7 Å². The Morgan fingerprint density at radius 2 is 1.80 bits per heavy atom. The summed E-state index contributed by atoms with van der Waals surface area (Å²) in [5, 5.41) is 2.99. The first-order valence-electron chi connectivity index (χ1n) is 9.14. The smallest absolute Gasteiger partial charge is 0.321 e. The van der Waals surface area contributed by atoms with Crippen LogP contribution in [0.4, 0.5) is 10.5 Å². The predicted octanol–water partition coefficient (Wildman–Crippen LogP) is 2.25. The lowest BCUT2D eigenvalue weighted by Crippen LogP contribution is -2.51. The molecule has 2 fully saturated rings. The molecular weight excluding hydrogens is 316 g/mol. The van der Waals surface area contributed by atoms with Gasteiger partial charge in [-0.2, -0.15) is 0 Å². The Morgan fingerprint density at radius 1 is 1.08 bits per heavy atom. The number of nitrogens with two attached hydrogens (primary N) is 1. The standard InChI is InChI=1S/C19H28N4O2/c1-13-5-6-15(12-14(13)2)21-19(25)22-10-7-16(8-11-22)23-9-3-4-17(23)18(20)24/h5-6,12,16-17H,3-4,7-11H2,1-2H3,(H2,20,24)(H,21,25)/t17-/m1/s1. The maximum atomic E-state index is 12.5. The highest BCUT2D eigenvalue weighted by Gasteiger charge is 2.36. The fourth-order valence-corrected chi connectivity index (χ4v) is 3.95. The molecule has 2 aliphatic rings. The number of benzene rings is 1. The fraction of sp³-hybridized carbons (Fsp3) is 0.579. The van der Waals surface area contributed by atoms with Crippen molar-refractivity contribution < 1.29 is 9.59 Å². The van der Waals surface area contributed by atoms with Gasteiger partial charge in [0.1, 0.15) is 0 Å². The lowest BCUT2D eigenvalue weighted by molar-refractivity contribution is -0.123. The summed E-state index contributed by atoms with van der Waals surface area (Å²) < 4.78 is 0. The average molecular weight is 344 g/mol. The van der Waals surface area contributed by atoms with E-state index < -0.39 is 0 Å². The molecule has 0 saturated carbocycles. The summed E-state index contributed by atoms with van der Waals surface area (Å²) in [6, 6.07) is 6.14. The quantitative estimate of drug-likeness (QED) is 0.883. The second-order valence-electron chi connectivity index (χ2n) is 7.25. The second-order valence-corrected chi connectivity index (χ2v) is 7.25. The maximum Gasteiger partial charge on any atom is 0.321 e. The molecule has 3 amide bonds. The summed E-state index contributed by atoms with van der Waals surface area (Å²) in [6.07, 6.45) is 3.68. The molecule has 3 rings (SSSR count). The van der Waals surface area contributed by atoms with Crippen LogP contribution >= 0.6 is 0 Å². The van der Waals surface area contributed by atoms with Gasteiger partial charge in [0, 0.05) is 24.8 Å². The highest BCUT2D eigenvalue weighted by atomic mass is 16.2. The molecule has 0 aliphatic carbocycles. The molecule has 0 spiro atoms. The summed E-state index contributed by atoms with van der Waals surface area (Å²) in [5.41, 5.74) is 8.75. The predicted molar refractivity (Wildman–Crippen MR) is 98.5 cm³/mol. The van der Waals surface area contributed by atoms with Crippen LogP contribution in [-0.4, -0.2) is 53.5 Å². The SMILES string of the molecule is Cc1ccc(NC(=O)N2CCC(N3CCC[C@@H]3C(N)=O)CC2)cc1C. The molecule has 1 atom stereocenters. The number of urea groups is 1. The van der Waals surface area contributed by atoms with Crippen LogP contribution < -0.4 is 11.1 Å². The number of hydrogen-bond acceptors (Lipinski definition) is 3. The van der Waals surface area contributed by atoms with Crippen LogP contribution in [0.2, 0.25) is 0 Å².